The fourth-order valence-electron chi connectivity index (χ4n) is 4.26. The maximum Gasteiger partial charge on any atom is 0.150 e. The Hall–Kier alpha value is -3.18. The van der Waals surface area contributed by atoms with Crippen molar-refractivity contribution in [1.82, 2.24) is 14.5 Å². The number of hydrogen-bond donors (Lipinski definition) is 0. The van der Waals surface area contributed by atoms with Crippen LogP contribution < -0.4 is 4.90 Å². The molecule has 146 valence electrons. The number of ether oxygens (including phenoxy) is 1. The van der Waals surface area contributed by atoms with E-state index in [2.05, 4.69) is 78.0 Å². The highest BCUT2D eigenvalue weighted by molar-refractivity contribution is 6.02. The Labute approximate surface area is 170 Å². The first-order chi connectivity index (χ1) is 14.2. The normalized spacial score (nSPS) is 19.6. The number of benzene rings is 2. The number of hydrogen-bond acceptors (Lipinski definition) is 4. The SMILES string of the molecule is C[C@@H]1CN(c2ncnc3c2c(-c2ccccc2)cn3-c2ccccc2)C[C@H](C)O1. The molecule has 2 aromatic heterocycles. The minimum Gasteiger partial charge on any atom is -0.372 e. The van der Waals surface area contributed by atoms with Gasteiger partial charge in [0.15, 0.2) is 5.65 Å². The van der Waals surface area contributed by atoms with Crippen LogP contribution in [-0.2, 0) is 4.74 Å². The fourth-order valence-corrected chi connectivity index (χ4v) is 4.26. The molecule has 0 aliphatic carbocycles. The third-order valence-electron chi connectivity index (χ3n) is 5.40. The number of aromatic nitrogens is 3. The molecule has 0 amide bonds. The van der Waals surface area contributed by atoms with Gasteiger partial charge in [-0.1, -0.05) is 48.5 Å². The van der Waals surface area contributed by atoms with E-state index >= 15 is 0 Å². The van der Waals surface area contributed by atoms with Crippen molar-refractivity contribution < 1.29 is 4.74 Å². The summed E-state index contributed by atoms with van der Waals surface area (Å²) in [4.78, 5) is 11.8. The average Bonchev–Trinajstić information content (AvgIpc) is 3.14. The van der Waals surface area contributed by atoms with Crippen molar-refractivity contribution in [2.75, 3.05) is 18.0 Å². The molecule has 1 fully saturated rings. The molecule has 5 nitrogen and oxygen atoms in total. The number of fused-ring (bicyclic) bond motifs is 1. The van der Waals surface area contributed by atoms with Crippen LogP contribution in [0.25, 0.3) is 27.8 Å². The zero-order valence-corrected chi connectivity index (χ0v) is 16.7. The summed E-state index contributed by atoms with van der Waals surface area (Å²) in [6.45, 7) is 5.88. The largest absolute Gasteiger partial charge is 0.372 e. The van der Waals surface area contributed by atoms with Gasteiger partial charge in [0.2, 0.25) is 0 Å². The molecule has 5 rings (SSSR count). The number of morpholine rings is 1. The maximum atomic E-state index is 5.95. The molecule has 1 saturated heterocycles. The molecular formula is C24H24N4O. The minimum absolute atomic E-state index is 0.167. The van der Waals surface area contributed by atoms with Gasteiger partial charge in [-0.05, 0) is 31.5 Å². The highest BCUT2D eigenvalue weighted by atomic mass is 16.5. The standard InChI is InChI=1S/C24H24N4O/c1-17-13-27(14-18(2)29-17)23-22-21(19-9-5-3-6-10-19)15-28(24(22)26-16-25-23)20-11-7-4-8-12-20/h3-12,15-18H,13-14H2,1-2H3/t17-,18+. The van der Waals surface area contributed by atoms with Crippen LogP contribution in [0, 0.1) is 0 Å². The Balaban J connectivity index is 1.76. The van der Waals surface area contributed by atoms with Gasteiger partial charge < -0.3 is 14.2 Å². The Morgan fingerprint density at radius 3 is 2.21 bits per heavy atom. The van der Waals surface area contributed by atoms with E-state index < -0.39 is 0 Å². The Morgan fingerprint density at radius 1 is 0.862 bits per heavy atom. The van der Waals surface area contributed by atoms with Crippen molar-refractivity contribution in [3.05, 3.63) is 73.2 Å². The number of anilines is 1. The van der Waals surface area contributed by atoms with Gasteiger partial charge in [0.1, 0.15) is 12.1 Å². The van der Waals surface area contributed by atoms with Crippen LogP contribution in [0.15, 0.2) is 73.2 Å². The van der Waals surface area contributed by atoms with Gasteiger partial charge in [0, 0.05) is 30.5 Å². The first-order valence-electron chi connectivity index (χ1n) is 10.1. The Bertz CT molecular complexity index is 1110. The number of rotatable bonds is 3. The van der Waals surface area contributed by atoms with Gasteiger partial charge in [-0.2, -0.15) is 0 Å². The Morgan fingerprint density at radius 2 is 1.52 bits per heavy atom. The van der Waals surface area contributed by atoms with Crippen molar-refractivity contribution in [2.24, 2.45) is 0 Å². The monoisotopic (exact) mass is 384 g/mol. The molecule has 5 heteroatoms. The van der Waals surface area contributed by atoms with E-state index in [0.29, 0.717) is 0 Å². The molecular weight excluding hydrogens is 360 g/mol. The second-order valence-electron chi connectivity index (χ2n) is 7.67. The highest BCUT2D eigenvalue weighted by Crippen LogP contribution is 2.37. The molecule has 0 bridgehead atoms. The van der Waals surface area contributed by atoms with Crippen molar-refractivity contribution in [1.29, 1.82) is 0 Å². The second-order valence-corrected chi connectivity index (χ2v) is 7.67. The molecule has 3 heterocycles. The van der Waals surface area contributed by atoms with Gasteiger partial charge in [0.05, 0.1) is 17.6 Å². The predicted octanol–water partition coefficient (Wildman–Crippen LogP) is 4.70. The van der Waals surface area contributed by atoms with Crippen LogP contribution in [0.1, 0.15) is 13.8 Å². The molecule has 2 atom stereocenters. The molecule has 0 saturated carbocycles. The van der Waals surface area contributed by atoms with Crippen LogP contribution in [-0.4, -0.2) is 39.8 Å². The topological polar surface area (TPSA) is 43.2 Å². The molecule has 29 heavy (non-hydrogen) atoms. The molecule has 0 unspecified atom stereocenters. The van der Waals surface area contributed by atoms with E-state index in [9.17, 15) is 0 Å². The van der Waals surface area contributed by atoms with Crippen molar-refractivity contribution in [3.8, 4) is 16.8 Å². The van der Waals surface area contributed by atoms with E-state index in [4.69, 9.17) is 14.7 Å². The summed E-state index contributed by atoms with van der Waals surface area (Å²) in [6.07, 6.45) is 4.19. The molecule has 1 aliphatic heterocycles. The van der Waals surface area contributed by atoms with Crippen LogP contribution >= 0.6 is 0 Å². The molecule has 4 aromatic rings. The van der Waals surface area contributed by atoms with E-state index in [-0.39, 0.29) is 12.2 Å². The van der Waals surface area contributed by atoms with E-state index in [0.717, 1.165) is 46.8 Å². The predicted molar refractivity (Wildman–Crippen MR) is 117 cm³/mol. The number of nitrogens with zero attached hydrogens (tertiary/aromatic N) is 4. The molecule has 0 radical (unpaired) electrons. The lowest BCUT2D eigenvalue weighted by Crippen LogP contribution is -2.46. The summed E-state index contributed by atoms with van der Waals surface area (Å²) in [5.74, 6) is 0.977. The molecule has 2 aromatic carbocycles. The zero-order chi connectivity index (χ0) is 19.8. The lowest BCUT2D eigenvalue weighted by Gasteiger charge is -2.36. The third-order valence-corrected chi connectivity index (χ3v) is 5.40. The van der Waals surface area contributed by atoms with Crippen LogP contribution in [0.5, 0.6) is 0 Å². The maximum absolute atomic E-state index is 5.95. The van der Waals surface area contributed by atoms with Crippen molar-refractivity contribution in [2.45, 2.75) is 26.1 Å². The zero-order valence-electron chi connectivity index (χ0n) is 16.7. The molecule has 0 spiro atoms. The van der Waals surface area contributed by atoms with Gasteiger partial charge in [-0.3, -0.25) is 0 Å². The van der Waals surface area contributed by atoms with E-state index in [1.807, 2.05) is 12.1 Å². The molecule has 0 N–H and O–H groups in total. The fraction of sp³-hybridized carbons (Fsp3) is 0.250. The highest BCUT2D eigenvalue weighted by Gasteiger charge is 2.27. The minimum atomic E-state index is 0.167. The van der Waals surface area contributed by atoms with Gasteiger partial charge in [-0.15, -0.1) is 0 Å². The smallest absolute Gasteiger partial charge is 0.150 e. The van der Waals surface area contributed by atoms with Crippen molar-refractivity contribution in [3.63, 3.8) is 0 Å². The first kappa shape index (κ1) is 17.9. The van der Waals surface area contributed by atoms with Crippen LogP contribution in [0.3, 0.4) is 0 Å². The lowest BCUT2D eigenvalue weighted by molar-refractivity contribution is -0.00537. The van der Waals surface area contributed by atoms with Gasteiger partial charge in [-0.25, -0.2) is 9.97 Å². The van der Waals surface area contributed by atoms with Crippen molar-refractivity contribution >= 4 is 16.9 Å². The van der Waals surface area contributed by atoms with Crippen LogP contribution in [0.4, 0.5) is 5.82 Å². The quantitative estimate of drug-likeness (QED) is 0.513. The third kappa shape index (κ3) is 3.28. The van der Waals surface area contributed by atoms with Gasteiger partial charge in [0.25, 0.3) is 0 Å². The van der Waals surface area contributed by atoms with Gasteiger partial charge >= 0.3 is 0 Å². The summed E-state index contributed by atoms with van der Waals surface area (Å²) < 4.78 is 8.11. The first-order valence-corrected chi connectivity index (χ1v) is 10.1. The van der Waals surface area contributed by atoms with E-state index in [1.54, 1.807) is 6.33 Å². The molecule has 1 aliphatic rings. The summed E-state index contributed by atoms with van der Waals surface area (Å²) in [7, 11) is 0. The average molecular weight is 384 g/mol. The Kier molecular flexibility index (Phi) is 4.52. The summed E-state index contributed by atoms with van der Waals surface area (Å²) in [5, 5.41) is 1.09. The second kappa shape index (κ2) is 7.33. The summed E-state index contributed by atoms with van der Waals surface area (Å²) in [6, 6.07) is 20.8. The summed E-state index contributed by atoms with van der Waals surface area (Å²) >= 11 is 0. The summed E-state index contributed by atoms with van der Waals surface area (Å²) in [5.41, 5.74) is 4.32. The lowest BCUT2D eigenvalue weighted by atomic mass is 10.1. The van der Waals surface area contributed by atoms with E-state index in [1.165, 1.54) is 0 Å². The number of para-hydroxylation sites is 1. The van der Waals surface area contributed by atoms with Crippen LogP contribution in [0.2, 0.25) is 0 Å².